The molecule has 1 heterocycles. The zero-order valence-electron chi connectivity index (χ0n) is 12.7. The van der Waals surface area contributed by atoms with Crippen LogP contribution in [0.15, 0.2) is 24.3 Å². The quantitative estimate of drug-likeness (QED) is 0.868. The molecule has 1 aliphatic heterocycles. The van der Waals surface area contributed by atoms with Crippen LogP contribution in [0.1, 0.15) is 37.0 Å². The first kappa shape index (κ1) is 15.5. The Bertz CT molecular complexity index is 390. The summed E-state index contributed by atoms with van der Waals surface area (Å²) in [7, 11) is 0. The highest BCUT2D eigenvalue weighted by molar-refractivity contribution is 5.23. The molecule has 0 amide bonds. The van der Waals surface area contributed by atoms with Gasteiger partial charge in [-0.1, -0.05) is 29.8 Å². The first-order valence-corrected chi connectivity index (χ1v) is 7.73. The van der Waals surface area contributed by atoms with Crippen LogP contribution in [0.4, 0.5) is 0 Å². The molecule has 0 saturated carbocycles. The van der Waals surface area contributed by atoms with Gasteiger partial charge in [-0.3, -0.25) is 0 Å². The first-order valence-electron chi connectivity index (χ1n) is 7.73. The van der Waals surface area contributed by atoms with E-state index in [1.54, 1.807) is 0 Å². The van der Waals surface area contributed by atoms with Gasteiger partial charge < -0.3 is 14.7 Å². The van der Waals surface area contributed by atoms with E-state index < -0.39 is 0 Å². The van der Waals surface area contributed by atoms with Gasteiger partial charge in [-0.15, -0.1) is 0 Å². The van der Waals surface area contributed by atoms with Crippen LogP contribution < -0.4 is 0 Å². The van der Waals surface area contributed by atoms with E-state index in [0.717, 1.165) is 38.4 Å². The lowest BCUT2D eigenvalue weighted by Crippen LogP contribution is -2.39. The van der Waals surface area contributed by atoms with E-state index >= 15 is 0 Å². The topological polar surface area (TPSA) is 32.7 Å². The second-order valence-electron chi connectivity index (χ2n) is 5.85. The first-order chi connectivity index (χ1) is 9.69. The van der Waals surface area contributed by atoms with E-state index in [1.165, 1.54) is 18.4 Å². The van der Waals surface area contributed by atoms with Gasteiger partial charge in [-0.2, -0.15) is 0 Å². The fraction of sp³-hybridized carbons (Fsp3) is 0.647. The molecule has 2 unspecified atom stereocenters. The summed E-state index contributed by atoms with van der Waals surface area (Å²) in [6.07, 6.45) is 2.07. The Morgan fingerprint density at radius 3 is 2.80 bits per heavy atom. The second kappa shape index (κ2) is 7.77. The highest BCUT2D eigenvalue weighted by atomic mass is 16.5. The molecule has 0 radical (unpaired) electrons. The molecule has 1 N–H and O–H groups in total. The number of β-amino-alcohol motifs (C(OH)–C–C–N with tert-alkyl or cyclic N) is 1. The molecule has 1 aliphatic rings. The number of rotatable bonds is 6. The number of aliphatic hydroxyl groups is 1. The summed E-state index contributed by atoms with van der Waals surface area (Å²) in [5, 5.41) is 10.4. The molecule has 1 fully saturated rings. The summed E-state index contributed by atoms with van der Waals surface area (Å²) < 4.78 is 5.53. The number of benzene rings is 1. The molecule has 112 valence electrons. The Labute approximate surface area is 122 Å². The lowest BCUT2D eigenvalue weighted by atomic mass is 9.98. The van der Waals surface area contributed by atoms with Crippen LogP contribution in [0.3, 0.4) is 0 Å². The van der Waals surface area contributed by atoms with Crippen molar-refractivity contribution in [3.63, 3.8) is 0 Å². The highest BCUT2D eigenvalue weighted by Crippen LogP contribution is 2.21. The van der Waals surface area contributed by atoms with E-state index in [2.05, 4.69) is 24.0 Å². The van der Waals surface area contributed by atoms with Gasteiger partial charge >= 0.3 is 0 Å². The molecular formula is C17H27NO2. The fourth-order valence-corrected chi connectivity index (χ4v) is 2.88. The Morgan fingerprint density at radius 2 is 2.10 bits per heavy atom. The van der Waals surface area contributed by atoms with Gasteiger partial charge in [0, 0.05) is 19.7 Å². The minimum atomic E-state index is -0.388. The number of piperidine rings is 1. The second-order valence-corrected chi connectivity index (χ2v) is 5.85. The summed E-state index contributed by atoms with van der Waals surface area (Å²) in [6, 6.07) is 8.18. The molecule has 1 saturated heterocycles. The van der Waals surface area contributed by atoms with E-state index in [4.69, 9.17) is 4.74 Å². The zero-order valence-corrected chi connectivity index (χ0v) is 12.7. The van der Waals surface area contributed by atoms with Crippen LogP contribution in [-0.4, -0.2) is 42.9 Å². The van der Waals surface area contributed by atoms with Crippen LogP contribution in [-0.2, 0) is 4.74 Å². The zero-order chi connectivity index (χ0) is 14.4. The molecule has 0 aromatic heterocycles. The summed E-state index contributed by atoms with van der Waals surface area (Å²) in [6.45, 7) is 8.62. The van der Waals surface area contributed by atoms with Crippen molar-refractivity contribution in [1.82, 2.24) is 4.90 Å². The lowest BCUT2D eigenvalue weighted by molar-refractivity contribution is 0.0442. The van der Waals surface area contributed by atoms with Crippen molar-refractivity contribution in [2.45, 2.75) is 32.8 Å². The third kappa shape index (κ3) is 4.58. The summed E-state index contributed by atoms with van der Waals surface area (Å²) in [5.74, 6) is 0.619. The molecular weight excluding hydrogens is 250 g/mol. The maximum Gasteiger partial charge on any atom is 0.0916 e. The predicted molar refractivity (Wildman–Crippen MR) is 81.8 cm³/mol. The smallest absolute Gasteiger partial charge is 0.0916 e. The van der Waals surface area contributed by atoms with Gasteiger partial charge in [-0.05, 0) is 44.7 Å². The minimum absolute atomic E-state index is 0.388. The number of hydrogen-bond acceptors (Lipinski definition) is 3. The molecule has 2 rings (SSSR count). The molecule has 0 spiro atoms. The van der Waals surface area contributed by atoms with Crippen molar-refractivity contribution in [1.29, 1.82) is 0 Å². The molecule has 0 bridgehead atoms. The van der Waals surface area contributed by atoms with Gasteiger partial charge in [0.1, 0.15) is 0 Å². The Kier molecular flexibility index (Phi) is 6.02. The number of nitrogens with zero attached hydrogens (tertiary/aromatic N) is 1. The molecule has 3 heteroatoms. The number of aryl methyl sites for hydroxylation is 1. The molecule has 0 aliphatic carbocycles. The molecule has 20 heavy (non-hydrogen) atoms. The summed E-state index contributed by atoms with van der Waals surface area (Å²) in [4.78, 5) is 2.37. The molecule has 1 aromatic rings. The number of hydrogen-bond donors (Lipinski definition) is 1. The normalized spacial score (nSPS) is 21.9. The van der Waals surface area contributed by atoms with E-state index in [9.17, 15) is 5.11 Å². The Morgan fingerprint density at radius 1 is 1.35 bits per heavy atom. The van der Waals surface area contributed by atoms with Crippen molar-refractivity contribution >= 4 is 0 Å². The van der Waals surface area contributed by atoms with Crippen LogP contribution in [0.25, 0.3) is 0 Å². The number of likely N-dealkylation sites (tertiary alicyclic amines) is 1. The maximum atomic E-state index is 10.4. The molecule has 1 aromatic carbocycles. The van der Waals surface area contributed by atoms with Crippen LogP contribution in [0.5, 0.6) is 0 Å². The van der Waals surface area contributed by atoms with Crippen molar-refractivity contribution in [2.24, 2.45) is 5.92 Å². The van der Waals surface area contributed by atoms with Crippen LogP contribution in [0.2, 0.25) is 0 Å². The van der Waals surface area contributed by atoms with Crippen molar-refractivity contribution < 1.29 is 9.84 Å². The Balaban J connectivity index is 1.84. The van der Waals surface area contributed by atoms with E-state index in [0.29, 0.717) is 5.92 Å². The van der Waals surface area contributed by atoms with E-state index in [-0.39, 0.29) is 6.10 Å². The van der Waals surface area contributed by atoms with Gasteiger partial charge in [0.15, 0.2) is 0 Å². The minimum Gasteiger partial charge on any atom is -0.387 e. The summed E-state index contributed by atoms with van der Waals surface area (Å²) in [5.41, 5.74) is 2.25. The average molecular weight is 277 g/mol. The van der Waals surface area contributed by atoms with Gasteiger partial charge in [0.25, 0.3) is 0 Å². The maximum absolute atomic E-state index is 10.4. The Hall–Kier alpha value is -0.900. The fourth-order valence-electron chi connectivity index (χ4n) is 2.88. The lowest BCUT2D eigenvalue weighted by Gasteiger charge is -2.33. The monoisotopic (exact) mass is 277 g/mol. The SMILES string of the molecule is CCOCC1CCCN(CC(O)c2ccc(C)cc2)C1. The third-order valence-corrected chi connectivity index (χ3v) is 4.05. The van der Waals surface area contributed by atoms with Gasteiger partial charge in [-0.25, -0.2) is 0 Å². The number of aliphatic hydroxyl groups excluding tert-OH is 1. The van der Waals surface area contributed by atoms with Crippen LogP contribution >= 0.6 is 0 Å². The molecule has 3 nitrogen and oxygen atoms in total. The van der Waals surface area contributed by atoms with Gasteiger partial charge in [0.05, 0.1) is 12.7 Å². The predicted octanol–water partition coefficient (Wildman–Crippen LogP) is 2.78. The largest absolute Gasteiger partial charge is 0.387 e. The highest BCUT2D eigenvalue weighted by Gasteiger charge is 2.22. The van der Waals surface area contributed by atoms with Crippen molar-refractivity contribution in [3.05, 3.63) is 35.4 Å². The average Bonchev–Trinajstić information content (AvgIpc) is 2.46. The van der Waals surface area contributed by atoms with Crippen molar-refractivity contribution in [2.75, 3.05) is 32.8 Å². The standard InChI is InChI=1S/C17H27NO2/c1-3-20-13-15-5-4-10-18(11-15)12-17(19)16-8-6-14(2)7-9-16/h6-9,15,17,19H,3-5,10-13H2,1-2H3. The van der Waals surface area contributed by atoms with E-state index in [1.807, 2.05) is 19.1 Å². The number of ether oxygens (including phenoxy) is 1. The summed E-state index contributed by atoms with van der Waals surface area (Å²) >= 11 is 0. The third-order valence-electron chi connectivity index (χ3n) is 4.05. The van der Waals surface area contributed by atoms with Gasteiger partial charge in [0.2, 0.25) is 0 Å². The van der Waals surface area contributed by atoms with Crippen LogP contribution in [0, 0.1) is 12.8 Å². The molecule has 2 atom stereocenters. The van der Waals surface area contributed by atoms with Crippen molar-refractivity contribution in [3.8, 4) is 0 Å².